The lowest BCUT2D eigenvalue weighted by molar-refractivity contribution is 0.0935. The number of benzene rings is 1. The molecule has 0 bridgehead atoms. The fraction of sp³-hybridized carbons (Fsp3) is 0.400. The Kier molecular flexibility index (Phi) is 3.44. The third-order valence-corrected chi connectivity index (χ3v) is 5.20. The van der Waals surface area contributed by atoms with Gasteiger partial charge in [0.1, 0.15) is 0 Å². The van der Waals surface area contributed by atoms with Crippen LogP contribution < -0.4 is 5.32 Å². The molecule has 0 fully saturated rings. The zero-order valence-corrected chi connectivity index (χ0v) is 13.8. The van der Waals surface area contributed by atoms with Crippen molar-refractivity contribution < 1.29 is 4.79 Å². The summed E-state index contributed by atoms with van der Waals surface area (Å²) in [5.74, 6) is 0.0587. The number of nitrogens with one attached hydrogen (secondary N) is 1. The molecule has 1 aromatic heterocycles. The Morgan fingerprint density at radius 1 is 1.22 bits per heavy atom. The third-order valence-electron chi connectivity index (χ3n) is 5.20. The summed E-state index contributed by atoms with van der Waals surface area (Å²) >= 11 is 0. The van der Waals surface area contributed by atoms with Crippen molar-refractivity contribution in [1.29, 1.82) is 0 Å². The molecule has 4 rings (SSSR count). The first-order chi connectivity index (χ1) is 11.1. The Bertz CT molecular complexity index is 794. The first kappa shape index (κ1) is 14.4. The van der Waals surface area contributed by atoms with Gasteiger partial charge >= 0.3 is 0 Å². The fourth-order valence-electron chi connectivity index (χ4n) is 4.27. The van der Waals surface area contributed by atoms with Crippen LogP contribution in [0.4, 0.5) is 0 Å². The summed E-state index contributed by atoms with van der Waals surface area (Å²) in [6.45, 7) is 4.29. The van der Waals surface area contributed by atoms with Gasteiger partial charge in [-0.1, -0.05) is 17.7 Å². The Hall–Kier alpha value is -2.16. The lowest BCUT2D eigenvalue weighted by Crippen LogP contribution is -2.28. The predicted octanol–water partition coefficient (Wildman–Crippen LogP) is 3.60. The number of fused-ring (bicyclic) bond motifs is 2. The summed E-state index contributed by atoms with van der Waals surface area (Å²) in [6, 6.07) is 6.49. The van der Waals surface area contributed by atoms with Gasteiger partial charge in [0.2, 0.25) is 0 Å². The lowest BCUT2D eigenvalue weighted by atomic mass is 9.98. The highest BCUT2D eigenvalue weighted by molar-refractivity contribution is 5.96. The van der Waals surface area contributed by atoms with Crippen molar-refractivity contribution in [2.75, 3.05) is 0 Å². The van der Waals surface area contributed by atoms with Gasteiger partial charge in [-0.05, 0) is 74.3 Å². The number of amides is 1. The molecule has 2 aliphatic rings. The van der Waals surface area contributed by atoms with Crippen LogP contribution in [0.1, 0.15) is 62.8 Å². The van der Waals surface area contributed by atoms with E-state index in [9.17, 15) is 4.79 Å². The molecule has 23 heavy (non-hydrogen) atoms. The average Bonchev–Trinajstić information content (AvgIpc) is 3.13. The molecule has 1 aromatic carbocycles. The van der Waals surface area contributed by atoms with Crippen molar-refractivity contribution in [3.8, 4) is 0 Å². The number of rotatable bonds is 2. The van der Waals surface area contributed by atoms with Gasteiger partial charge in [-0.3, -0.25) is 9.78 Å². The molecule has 0 aliphatic heterocycles. The first-order valence-corrected chi connectivity index (χ1v) is 8.51. The molecule has 0 saturated heterocycles. The van der Waals surface area contributed by atoms with Crippen LogP contribution in [0.3, 0.4) is 0 Å². The molecule has 1 unspecified atom stereocenters. The zero-order valence-electron chi connectivity index (χ0n) is 13.8. The number of hydrogen-bond acceptors (Lipinski definition) is 2. The highest BCUT2D eigenvalue weighted by Crippen LogP contribution is 2.35. The van der Waals surface area contributed by atoms with Crippen molar-refractivity contribution in [3.05, 3.63) is 63.5 Å². The van der Waals surface area contributed by atoms with E-state index >= 15 is 0 Å². The number of carbonyl (C=O) groups excluding carboxylic acids is 1. The smallest absolute Gasteiger partial charge is 0.252 e. The summed E-state index contributed by atoms with van der Waals surface area (Å²) in [6.07, 6.45) is 6.91. The topological polar surface area (TPSA) is 42.0 Å². The van der Waals surface area contributed by atoms with Crippen LogP contribution in [0, 0.1) is 13.8 Å². The highest BCUT2D eigenvalue weighted by Gasteiger charge is 2.28. The Balaban J connectivity index is 1.62. The van der Waals surface area contributed by atoms with Gasteiger partial charge in [-0.15, -0.1) is 0 Å². The molecule has 1 N–H and O–H groups in total. The summed E-state index contributed by atoms with van der Waals surface area (Å²) < 4.78 is 0. The van der Waals surface area contributed by atoms with Gasteiger partial charge in [0, 0.05) is 17.5 Å². The molecule has 118 valence electrons. The third kappa shape index (κ3) is 2.44. The van der Waals surface area contributed by atoms with E-state index in [2.05, 4.69) is 36.3 Å². The lowest BCUT2D eigenvalue weighted by Gasteiger charge is -2.18. The van der Waals surface area contributed by atoms with Crippen LogP contribution >= 0.6 is 0 Å². The van der Waals surface area contributed by atoms with E-state index in [1.165, 1.54) is 22.3 Å². The Labute approximate surface area is 137 Å². The summed E-state index contributed by atoms with van der Waals surface area (Å²) in [4.78, 5) is 17.2. The van der Waals surface area contributed by atoms with Gasteiger partial charge in [-0.2, -0.15) is 0 Å². The minimum atomic E-state index is 0.0587. The monoisotopic (exact) mass is 306 g/mol. The largest absolute Gasteiger partial charge is 0.345 e. The second-order valence-corrected chi connectivity index (χ2v) is 6.86. The van der Waals surface area contributed by atoms with E-state index in [-0.39, 0.29) is 11.9 Å². The Morgan fingerprint density at radius 3 is 2.96 bits per heavy atom. The molecule has 1 atom stereocenters. The van der Waals surface area contributed by atoms with E-state index in [0.29, 0.717) is 0 Å². The highest BCUT2D eigenvalue weighted by atomic mass is 16.1. The normalized spacial score (nSPS) is 18.6. The molecule has 0 saturated carbocycles. The maximum atomic E-state index is 12.8. The van der Waals surface area contributed by atoms with E-state index in [1.807, 2.05) is 6.07 Å². The summed E-state index contributed by atoms with van der Waals surface area (Å²) in [5.41, 5.74) is 8.41. The van der Waals surface area contributed by atoms with Gasteiger partial charge in [-0.25, -0.2) is 0 Å². The maximum absolute atomic E-state index is 12.8. The van der Waals surface area contributed by atoms with Gasteiger partial charge < -0.3 is 5.32 Å². The standard InChI is InChI=1S/C20H22N2O/c1-12-10-13(2)19-14(11-12)6-7-18(19)22-20(23)16-8-9-21-17-5-3-4-15(16)17/h8-11,18H,3-7H2,1-2H3,(H,22,23). The SMILES string of the molecule is Cc1cc(C)c2c(c1)CCC2NC(=O)c1ccnc2c1CCC2. The minimum absolute atomic E-state index is 0.0587. The van der Waals surface area contributed by atoms with E-state index in [1.54, 1.807) is 6.20 Å². The van der Waals surface area contributed by atoms with Crippen molar-refractivity contribution in [2.24, 2.45) is 0 Å². The van der Waals surface area contributed by atoms with Crippen molar-refractivity contribution in [3.63, 3.8) is 0 Å². The number of aromatic nitrogens is 1. The van der Waals surface area contributed by atoms with E-state index in [4.69, 9.17) is 0 Å². The van der Waals surface area contributed by atoms with Crippen molar-refractivity contribution >= 4 is 5.91 Å². The van der Waals surface area contributed by atoms with Crippen LogP contribution in [0.2, 0.25) is 0 Å². The van der Waals surface area contributed by atoms with E-state index < -0.39 is 0 Å². The van der Waals surface area contributed by atoms with E-state index in [0.717, 1.165) is 48.9 Å². The molecule has 2 aliphatic carbocycles. The average molecular weight is 306 g/mol. The quantitative estimate of drug-likeness (QED) is 0.921. The van der Waals surface area contributed by atoms with Crippen LogP contribution in [0.25, 0.3) is 0 Å². The second-order valence-electron chi connectivity index (χ2n) is 6.86. The molecule has 2 aromatic rings. The van der Waals surface area contributed by atoms with Crippen LogP contribution in [0.5, 0.6) is 0 Å². The molecule has 0 radical (unpaired) electrons. The summed E-state index contributed by atoms with van der Waals surface area (Å²) in [5, 5.41) is 3.27. The molecule has 3 heteroatoms. The second kappa shape index (κ2) is 5.48. The number of carbonyl (C=O) groups is 1. The number of aryl methyl sites for hydroxylation is 4. The predicted molar refractivity (Wildman–Crippen MR) is 90.7 cm³/mol. The molecular weight excluding hydrogens is 284 g/mol. The van der Waals surface area contributed by atoms with Gasteiger partial charge in [0.15, 0.2) is 0 Å². The maximum Gasteiger partial charge on any atom is 0.252 e. The van der Waals surface area contributed by atoms with Crippen molar-refractivity contribution in [2.45, 2.75) is 52.0 Å². The van der Waals surface area contributed by atoms with Gasteiger partial charge in [0.05, 0.1) is 6.04 Å². The molecule has 3 nitrogen and oxygen atoms in total. The number of hydrogen-bond donors (Lipinski definition) is 1. The molecule has 1 heterocycles. The number of nitrogens with zero attached hydrogens (tertiary/aromatic N) is 1. The minimum Gasteiger partial charge on any atom is -0.345 e. The van der Waals surface area contributed by atoms with Crippen LogP contribution in [-0.2, 0) is 19.3 Å². The fourth-order valence-corrected chi connectivity index (χ4v) is 4.27. The first-order valence-electron chi connectivity index (χ1n) is 8.51. The van der Waals surface area contributed by atoms with Gasteiger partial charge in [0.25, 0.3) is 5.91 Å². The van der Waals surface area contributed by atoms with Crippen molar-refractivity contribution in [1.82, 2.24) is 10.3 Å². The zero-order chi connectivity index (χ0) is 16.0. The van der Waals surface area contributed by atoms with Crippen LogP contribution in [-0.4, -0.2) is 10.9 Å². The van der Waals surface area contributed by atoms with Crippen LogP contribution in [0.15, 0.2) is 24.4 Å². The Morgan fingerprint density at radius 2 is 2.09 bits per heavy atom. The molecule has 0 spiro atoms. The number of pyridine rings is 1. The summed E-state index contributed by atoms with van der Waals surface area (Å²) in [7, 11) is 0. The molecule has 1 amide bonds. The molecular formula is C20H22N2O.